The lowest BCUT2D eigenvalue weighted by atomic mass is 9.95. The number of nitriles is 1. The van der Waals surface area contributed by atoms with E-state index in [2.05, 4.69) is 27.0 Å². The largest absolute Gasteiger partial charge is 0.381 e. The molecule has 1 saturated heterocycles. The number of rotatable bonds is 1. The highest BCUT2D eigenvalue weighted by atomic mass is 79.9. The molecule has 1 fully saturated rings. The van der Waals surface area contributed by atoms with Gasteiger partial charge in [0.2, 0.25) is 0 Å². The molecule has 2 heterocycles. The Balaban J connectivity index is 2.24. The summed E-state index contributed by atoms with van der Waals surface area (Å²) in [7, 11) is 0. The Labute approximate surface area is 124 Å². The van der Waals surface area contributed by atoms with Crippen LogP contribution in [-0.2, 0) is 4.74 Å². The quantitative estimate of drug-likeness (QED) is 0.789. The van der Waals surface area contributed by atoms with Crippen LogP contribution in [0.2, 0.25) is 5.02 Å². The highest BCUT2D eigenvalue weighted by Gasteiger charge is 2.22. The van der Waals surface area contributed by atoms with Crippen molar-refractivity contribution in [1.29, 1.82) is 5.26 Å². The average Bonchev–Trinajstić information content (AvgIpc) is 2.91. The molecule has 96 valence electrons. The van der Waals surface area contributed by atoms with Gasteiger partial charge in [0.1, 0.15) is 11.8 Å². The van der Waals surface area contributed by atoms with Gasteiger partial charge in [-0.1, -0.05) is 27.5 Å². The summed E-state index contributed by atoms with van der Waals surface area (Å²) in [5.74, 6) is 0.258. The minimum absolute atomic E-state index is 0.258. The number of pyridine rings is 1. The molecule has 1 aliphatic rings. The van der Waals surface area contributed by atoms with E-state index in [0.29, 0.717) is 17.3 Å². The highest BCUT2D eigenvalue weighted by Crippen LogP contribution is 2.33. The predicted molar refractivity (Wildman–Crippen MR) is 77.3 cm³/mol. The van der Waals surface area contributed by atoms with Crippen molar-refractivity contribution >= 4 is 38.4 Å². The fraction of sp³-hybridized carbons (Fsp3) is 0.286. The van der Waals surface area contributed by atoms with Gasteiger partial charge in [0, 0.05) is 27.4 Å². The van der Waals surface area contributed by atoms with E-state index in [4.69, 9.17) is 16.3 Å². The van der Waals surface area contributed by atoms with Crippen molar-refractivity contribution in [2.75, 3.05) is 13.2 Å². The van der Waals surface area contributed by atoms with Crippen LogP contribution in [0.3, 0.4) is 0 Å². The zero-order valence-electron chi connectivity index (χ0n) is 9.99. The molecule has 19 heavy (non-hydrogen) atoms. The van der Waals surface area contributed by atoms with Crippen LogP contribution in [0.1, 0.15) is 23.6 Å². The summed E-state index contributed by atoms with van der Waals surface area (Å²) < 4.78 is 6.30. The van der Waals surface area contributed by atoms with Crippen molar-refractivity contribution in [2.45, 2.75) is 12.3 Å². The van der Waals surface area contributed by atoms with Crippen molar-refractivity contribution in [3.63, 3.8) is 0 Å². The SMILES string of the molecule is N#Cc1nc2cc(Cl)cc(Br)c2cc1C1CCOC1. The van der Waals surface area contributed by atoms with Crippen LogP contribution in [0.25, 0.3) is 10.9 Å². The molecule has 1 unspecified atom stereocenters. The van der Waals surface area contributed by atoms with E-state index >= 15 is 0 Å². The van der Waals surface area contributed by atoms with Gasteiger partial charge in [0.05, 0.1) is 12.1 Å². The van der Waals surface area contributed by atoms with Crippen LogP contribution in [0.5, 0.6) is 0 Å². The normalized spacial score (nSPS) is 18.7. The number of ether oxygens (including phenoxy) is 1. The smallest absolute Gasteiger partial charge is 0.144 e. The number of halogens is 2. The highest BCUT2D eigenvalue weighted by molar-refractivity contribution is 9.10. The van der Waals surface area contributed by atoms with Gasteiger partial charge in [-0.3, -0.25) is 0 Å². The molecule has 0 N–H and O–H groups in total. The number of hydrogen-bond acceptors (Lipinski definition) is 3. The fourth-order valence-corrected chi connectivity index (χ4v) is 3.30. The number of aromatic nitrogens is 1. The molecule has 3 rings (SSSR count). The molecule has 0 spiro atoms. The second-order valence-corrected chi connectivity index (χ2v) is 5.84. The fourth-order valence-electron chi connectivity index (χ4n) is 2.40. The van der Waals surface area contributed by atoms with Crippen LogP contribution in [0, 0.1) is 11.3 Å². The molecule has 0 aliphatic carbocycles. The molecule has 1 aromatic carbocycles. The summed E-state index contributed by atoms with van der Waals surface area (Å²) in [4.78, 5) is 4.43. The molecule has 1 aliphatic heterocycles. The number of benzene rings is 1. The zero-order chi connectivity index (χ0) is 13.4. The van der Waals surface area contributed by atoms with Crippen molar-refractivity contribution in [3.05, 3.63) is 39.0 Å². The van der Waals surface area contributed by atoms with Crippen molar-refractivity contribution in [2.24, 2.45) is 0 Å². The van der Waals surface area contributed by atoms with Gasteiger partial charge in [-0.15, -0.1) is 0 Å². The van der Waals surface area contributed by atoms with Crippen LogP contribution in [0.4, 0.5) is 0 Å². The Hall–Kier alpha value is -1.15. The van der Waals surface area contributed by atoms with E-state index in [0.717, 1.165) is 34.0 Å². The molecule has 0 saturated carbocycles. The second-order valence-electron chi connectivity index (χ2n) is 4.55. The molecular weight excluding hydrogens is 328 g/mol. The Morgan fingerprint density at radius 1 is 1.42 bits per heavy atom. The molecule has 2 aromatic rings. The van der Waals surface area contributed by atoms with Crippen molar-refractivity contribution in [3.8, 4) is 6.07 Å². The van der Waals surface area contributed by atoms with Crippen molar-refractivity contribution in [1.82, 2.24) is 4.98 Å². The lowest BCUT2D eigenvalue weighted by Gasteiger charge is -2.12. The van der Waals surface area contributed by atoms with Gasteiger partial charge in [0.15, 0.2) is 0 Å². The summed E-state index contributed by atoms with van der Waals surface area (Å²) in [6.45, 7) is 1.41. The number of nitrogens with zero attached hydrogens (tertiary/aromatic N) is 2. The number of hydrogen-bond donors (Lipinski definition) is 0. The van der Waals surface area contributed by atoms with Gasteiger partial charge in [0.25, 0.3) is 0 Å². The summed E-state index contributed by atoms with van der Waals surface area (Å²) in [6.07, 6.45) is 0.938. The third-order valence-corrected chi connectivity index (χ3v) is 4.23. The first-order chi connectivity index (χ1) is 9.19. The first-order valence-corrected chi connectivity index (χ1v) is 7.13. The van der Waals surface area contributed by atoms with Crippen LogP contribution < -0.4 is 0 Å². The topological polar surface area (TPSA) is 45.9 Å². The third kappa shape index (κ3) is 2.34. The average molecular weight is 338 g/mol. The minimum atomic E-state index is 0.258. The van der Waals surface area contributed by atoms with Gasteiger partial charge < -0.3 is 4.74 Å². The Bertz CT molecular complexity index is 690. The van der Waals surface area contributed by atoms with Crippen LogP contribution >= 0.6 is 27.5 Å². The molecule has 1 aromatic heterocycles. The van der Waals surface area contributed by atoms with E-state index in [1.165, 1.54) is 0 Å². The zero-order valence-corrected chi connectivity index (χ0v) is 12.3. The van der Waals surface area contributed by atoms with Gasteiger partial charge in [-0.25, -0.2) is 4.98 Å². The molecule has 3 nitrogen and oxygen atoms in total. The minimum Gasteiger partial charge on any atom is -0.381 e. The van der Waals surface area contributed by atoms with E-state index in [9.17, 15) is 5.26 Å². The lowest BCUT2D eigenvalue weighted by molar-refractivity contribution is 0.194. The Kier molecular flexibility index (Phi) is 3.44. The number of fused-ring (bicyclic) bond motifs is 1. The molecule has 5 heteroatoms. The molecule has 0 bridgehead atoms. The second kappa shape index (κ2) is 5.09. The van der Waals surface area contributed by atoms with Gasteiger partial charge in [-0.05, 0) is 30.2 Å². The molecular formula is C14H10BrClN2O. The standard InChI is InChI=1S/C14H10BrClN2O/c15-12-3-9(16)4-13-11(12)5-10(14(6-17)18-13)8-1-2-19-7-8/h3-5,8H,1-2,7H2. The first-order valence-electron chi connectivity index (χ1n) is 5.96. The Morgan fingerprint density at radius 2 is 2.26 bits per heavy atom. The van der Waals surface area contributed by atoms with E-state index in [-0.39, 0.29) is 5.92 Å². The molecule has 0 amide bonds. The van der Waals surface area contributed by atoms with Gasteiger partial charge >= 0.3 is 0 Å². The monoisotopic (exact) mass is 336 g/mol. The summed E-state index contributed by atoms with van der Waals surface area (Å²) in [6, 6.07) is 7.82. The molecule has 1 atom stereocenters. The van der Waals surface area contributed by atoms with E-state index < -0.39 is 0 Å². The lowest BCUT2D eigenvalue weighted by Crippen LogP contribution is -2.03. The van der Waals surface area contributed by atoms with Crippen LogP contribution in [-0.4, -0.2) is 18.2 Å². The van der Waals surface area contributed by atoms with Crippen LogP contribution in [0.15, 0.2) is 22.7 Å². The Morgan fingerprint density at radius 3 is 2.95 bits per heavy atom. The maximum Gasteiger partial charge on any atom is 0.144 e. The summed E-state index contributed by atoms with van der Waals surface area (Å²) in [5, 5.41) is 10.9. The summed E-state index contributed by atoms with van der Waals surface area (Å²) in [5.41, 5.74) is 2.17. The first kappa shape index (κ1) is 12.9. The third-order valence-electron chi connectivity index (χ3n) is 3.35. The van der Waals surface area contributed by atoms with Gasteiger partial charge in [-0.2, -0.15) is 5.26 Å². The molecule has 0 radical (unpaired) electrons. The van der Waals surface area contributed by atoms with Crippen molar-refractivity contribution < 1.29 is 4.74 Å². The van der Waals surface area contributed by atoms with E-state index in [1.807, 2.05) is 12.1 Å². The van der Waals surface area contributed by atoms with E-state index in [1.54, 1.807) is 6.07 Å². The maximum absolute atomic E-state index is 9.28. The predicted octanol–water partition coefficient (Wildman–Crippen LogP) is 4.03. The summed E-state index contributed by atoms with van der Waals surface area (Å²) >= 11 is 9.51. The maximum atomic E-state index is 9.28.